The second-order valence-corrected chi connectivity index (χ2v) is 5.24. The van der Waals surface area contributed by atoms with E-state index in [0.717, 1.165) is 0 Å². The van der Waals surface area contributed by atoms with Crippen molar-refractivity contribution in [1.82, 2.24) is 10.2 Å². The van der Waals surface area contributed by atoms with Gasteiger partial charge in [0.05, 0.1) is 12.0 Å². The van der Waals surface area contributed by atoms with E-state index in [1.54, 1.807) is 20.8 Å². The van der Waals surface area contributed by atoms with Crippen LogP contribution < -0.4 is 5.32 Å². The number of hydrogen-bond acceptors (Lipinski definition) is 4. The highest BCUT2D eigenvalue weighted by atomic mass is 16.6. The van der Waals surface area contributed by atoms with Gasteiger partial charge in [-0.1, -0.05) is 0 Å². The predicted octanol–water partition coefficient (Wildman–Crippen LogP) is 0.688. The molecular weight excluding hydrogens is 240 g/mol. The van der Waals surface area contributed by atoms with Crippen LogP contribution in [0.15, 0.2) is 0 Å². The van der Waals surface area contributed by atoms with Gasteiger partial charge in [-0.2, -0.15) is 0 Å². The lowest BCUT2D eigenvalue weighted by Gasteiger charge is -2.24. The topological polar surface area (TPSA) is 95.9 Å². The zero-order chi connectivity index (χ0) is 13.9. The maximum Gasteiger partial charge on any atom is 0.410 e. The van der Waals surface area contributed by atoms with Crippen molar-refractivity contribution < 1.29 is 24.2 Å². The Bertz CT molecular complexity index is 350. The molecule has 0 unspecified atom stereocenters. The largest absolute Gasteiger partial charge is 0.465 e. The van der Waals surface area contributed by atoms with Crippen molar-refractivity contribution in [3.8, 4) is 0 Å². The summed E-state index contributed by atoms with van der Waals surface area (Å²) < 4.78 is 5.16. The lowest BCUT2D eigenvalue weighted by molar-refractivity contribution is -0.111. The zero-order valence-corrected chi connectivity index (χ0v) is 10.7. The number of carbonyl (C=O) groups is 3. The molecule has 1 aliphatic heterocycles. The summed E-state index contributed by atoms with van der Waals surface area (Å²) in [5, 5.41) is 10.9. The molecule has 18 heavy (non-hydrogen) atoms. The van der Waals surface area contributed by atoms with Crippen LogP contribution in [0.3, 0.4) is 0 Å². The first-order valence-corrected chi connectivity index (χ1v) is 5.65. The summed E-state index contributed by atoms with van der Waals surface area (Å²) in [6.45, 7) is 5.54. The molecule has 0 bridgehead atoms. The Morgan fingerprint density at radius 1 is 1.39 bits per heavy atom. The first kappa shape index (κ1) is 14.3. The maximum atomic E-state index is 11.8. The van der Waals surface area contributed by atoms with Crippen LogP contribution in [-0.4, -0.2) is 53.2 Å². The van der Waals surface area contributed by atoms with Crippen molar-refractivity contribution in [3.63, 3.8) is 0 Å². The predicted molar refractivity (Wildman–Crippen MR) is 62.3 cm³/mol. The molecule has 0 aromatic carbocycles. The van der Waals surface area contributed by atoms with Crippen LogP contribution in [0.4, 0.5) is 9.59 Å². The molecule has 0 aromatic heterocycles. The fourth-order valence-electron chi connectivity index (χ4n) is 1.75. The molecular formula is C11H18N2O5. The SMILES string of the molecule is CC(C)(C)OC(=O)N1C[C@@H](C=O)[C@H](NC(=O)O)C1. The van der Waals surface area contributed by atoms with Gasteiger partial charge in [0, 0.05) is 13.1 Å². The van der Waals surface area contributed by atoms with E-state index in [9.17, 15) is 14.4 Å². The Morgan fingerprint density at radius 2 is 2.00 bits per heavy atom. The molecule has 0 radical (unpaired) electrons. The van der Waals surface area contributed by atoms with E-state index in [2.05, 4.69) is 5.32 Å². The van der Waals surface area contributed by atoms with E-state index in [-0.39, 0.29) is 13.1 Å². The molecule has 2 atom stereocenters. The molecule has 0 saturated carbocycles. The average Bonchev–Trinajstić information content (AvgIpc) is 2.57. The number of carboxylic acid groups (broad SMARTS) is 1. The number of nitrogens with zero attached hydrogens (tertiary/aromatic N) is 1. The van der Waals surface area contributed by atoms with Crippen molar-refractivity contribution in [2.75, 3.05) is 13.1 Å². The Labute approximate surface area is 105 Å². The highest BCUT2D eigenvalue weighted by Gasteiger charge is 2.37. The molecule has 2 amide bonds. The first-order valence-electron chi connectivity index (χ1n) is 5.65. The van der Waals surface area contributed by atoms with Gasteiger partial charge in [-0.3, -0.25) is 0 Å². The number of amides is 2. The van der Waals surface area contributed by atoms with E-state index < -0.39 is 29.7 Å². The normalized spacial score (nSPS) is 23.6. The van der Waals surface area contributed by atoms with Crippen molar-refractivity contribution >= 4 is 18.5 Å². The number of likely N-dealkylation sites (tertiary alicyclic amines) is 1. The molecule has 2 N–H and O–H groups in total. The molecule has 1 rings (SSSR count). The molecule has 102 valence electrons. The van der Waals surface area contributed by atoms with Crippen LogP contribution in [0.1, 0.15) is 20.8 Å². The minimum atomic E-state index is -1.21. The van der Waals surface area contributed by atoms with E-state index in [0.29, 0.717) is 6.29 Å². The van der Waals surface area contributed by atoms with E-state index in [1.165, 1.54) is 4.90 Å². The molecule has 7 nitrogen and oxygen atoms in total. The number of nitrogens with one attached hydrogen (secondary N) is 1. The summed E-state index contributed by atoms with van der Waals surface area (Å²) in [6, 6.07) is -0.576. The number of aldehydes is 1. The van der Waals surface area contributed by atoms with Gasteiger partial charge in [0.15, 0.2) is 0 Å². The smallest absolute Gasteiger partial charge is 0.410 e. The maximum absolute atomic E-state index is 11.8. The summed E-state index contributed by atoms with van der Waals surface area (Å²) in [6.07, 6.45) is -1.09. The molecule has 0 aliphatic carbocycles. The third-order valence-electron chi connectivity index (χ3n) is 2.50. The second-order valence-electron chi connectivity index (χ2n) is 5.24. The summed E-state index contributed by atoms with van der Waals surface area (Å²) in [7, 11) is 0. The lowest BCUT2D eigenvalue weighted by atomic mass is 10.1. The second kappa shape index (κ2) is 5.24. The van der Waals surface area contributed by atoms with Gasteiger partial charge < -0.3 is 24.9 Å². The van der Waals surface area contributed by atoms with Crippen molar-refractivity contribution in [1.29, 1.82) is 0 Å². The molecule has 1 saturated heterocycles. The highest BCUT2D eigenvalue weighted by Crippen LogP contribution is 2.18. The molecule has 7 heteroatoms. The summed E-state index contributed by atoms with van der Waals surface area (Å²) in [4.78, 5) is 34.5. The van der Waals surface area contributed by atoms with E-state index in [1.807, 2.05) is 0 Å². The lowest BCUT2D eigenvalue weighted by Crippen LogP contribution is -2.41. The van der Waals surface area contributed by atoms with Crippen molar-refractivity contribution in [2.24, 2.45) is 5.92 Å². The molecule has 1 fully saturated rings. The quantitative estimate of drug-likeness (QED) is 0.710. The number of ether oxygens (including phenoxy) is 1. The zero-order valence-electron chi connectivity index (χ0n) is 10.7. The molecule has 1 aliphatic rings. The van der Waals surface area contributed by atoms with Gasteiger partial charge in [-0.25, -0.2) is 9.59 Å². The third-order valence-corrected chi connectivity index (χ3v) is 2.50. The van der Waals surface area contributed by atoms with Gasteiger partial charge in [0.2, 0.25) is 0 Å². The van der Waals surface area contributed by atoms with Crippen LogP contribution >= 0.6 is 0 Å². The standard InChI is InChI=1S/C11H18N2O5/c1-11(2,3)18-10(17)13-4-7(6-14)8(5-13)12-9(15)16/h6-8,12H,4-5H2,1-3H3,(H,15,16)/t7-,8+/m0/s1. The Balaban J connectivity index is 2.63. The van der Waals surface area contributed by atoms with Gasteiger partial charge in [-0.15, -0.1) is 0 Å². The third kappa shape index (κ3) is 3.90. The Kier molecular flexibility index (Phi) is 4.15. The molecule has 1 heterocycles. The van der Waals surface area contributed by atoms with Crippen LogP contribution in [0.25, 0.3) is 0 Å². The summed E-state index contributed by atoms with van der Waals surface area (Å²) in [5.41, 5.74) is -0.619. The fourth-order valence-corrected chi connectivity index (χ4v) is 1.75. The summed E-state index contributed by atoms with van der Waals surface area (Å²) in [5.74, 6) is -0.534. The minimum Gasteiger partial charge on any atom is -0.465 e. The number of carbonyl (C=O) groups excluding carboxylic acids is 2. The van der Waals surface area contributed by atoms with Crippen LogP contribution in [0, 0.1) is 5.92 Å². The van der Waals surface area contributed by atoms with E-state index >= 15 is 0 Å². The number of rotatable bonds is 2. The van der Waals surface area contributed by atoms with Crippen molar-refractivity contribution in [2.45, 2.75) is 32.4 Å². The van der Waals surface area contributed by atoms with Crippen LogP contribution in [0.5, 0.6) is 0 Å². The Morgan fingerprint density at radius 3 is 2.44 bits per heavy atom. The Hall–Kier alpha value is -1.79. The van der Waals surface area contributed by atoms with Crippen molar-refractivity contribution in [3.05, 3.63) is 0 Å². The highest BCUT2D eigenvalue weighted by molar-refractivity contribution is 5.72. The fraction of sp³-hybridized carbons (Fsp3) is 0.727. The monoisotopic (exact) mass is 258 g/mol. The van der Waals surface area contributed by atoms with Gasteiger partial charge in [0.1, 0.15) is 11.9 Å². The number of hydrogen-bond donors (Lipinski definition) is 2. The van der Waals surface area contributed by atoms with Crippen LogP contribution in [0.2, 0.25) is 0 Å². The minimum absolute atomic E-state index is 0.143. The molecule has 0 aromatic rings. The van der Waals surface area contributed by atoms with E-state index in [4.69, 9.17) is 9.84 Å². The average molecular weight is 258 g/mol. The van der Waals surface area contributed by atoms with Crippen LogP contribution in [-0.2, 0) is 9.53 Å². The van der Waals surface area contributed by atoms with Gasteiger partial charge in [-0.05, 0) is 20.8 Å². The van der Waals surface area contributed by atoms with Gasteiger partial charge >= 0.3 is 12.2 Å². The summed E-state index contributed by atoms with van der Waals surface area (Å²) >= 11 is 0. The molecule has 0 spiro atoms. The van der Waals surface area contributed by atoms with Gasteiger partial charge in [0.25, 0.3) is 0 Å². The first-order chi connectivity index (χ1) is 8.23.